The van der Waals surface area contributed by atoms with Crippen LogP contribution in [-0.4, -0.2) is 263 Å². The van der Waals surface area contributed by atoms with E-state index in [9.17, 15) is 117 Å². The number of carboxylic acids is 12. The minimum Gasteiger partial charge on any atom is -0.481 e. The van der Waals surface area contributed by atoms with Crippen molar-refractivity contribution in [1.29, 1.82) is 0 Å². The first kappa shape index (κ1) is 123. The topological polar surface area (TPSA) is 780 Å². The van der Waals surface area contributed by atoms with Gasteiger partial charge in [-0.05, 0) is 152 Å². The maximum absolute atomic E-state index is 12.2. The van der Waals surface area contributed by atoms with E-state index in [4.69, 9.17) is 51.1 Å². The van der Waals surface area contributed by atoms with Gasteiger partial charge in [0.2, 0.25) is 30.1 Å². The summed E-state index contributed by atoms with van der Waals surface area (Å²) in [7, 11) is -11.0. The number of aryl methyl sites for hydroxylation is 1. The van der Waals surface area contributed by atoms with Crippen LogP contribution in [0.4, 0.5) is 19.2 Å². The van der Waals surface area contributed by atoms with Gasteiger partial charge in [-0.15, -0.1) is 0 Å². The number of benzene rings is 4. The Morgan fingerprint density at radius 3 is 0.742 bits per heavy atom. The van der Waals surface area contributed by atoms with Crippen molar-refractivity contribution < 1.29 is 168 Å². The molecule has 0 bridgehead atoms. The summed E-state index contributed by atoms with van der Waals surface area (Å²) >= 11 is 0. The fraction of sp³-hybridized carbons (Fsp3) is 0.500. The zero-order valence-corrected chi connectivity index (χ0v) is 76.4. The number of amides is 9. The number of sulfonamides is 3. The van der Waals surface area contributed by atoms with Crippen LogP contribution in [0.2, 0.25) is 0 Å². The van der Waals surface area contributed by atoms with Crippen LogP contribution in [0.1, 0.15) is 199 Å². The molecule has 4 aromatic carbocycles. The smallest absolute Gasteiger partial charge is 0.326 e. The highest BCUT2D eigenvalue weighted by Crippen LogP contribution is 2.15. The lowest BCUT2D eigenvalue weighted by Gasteiger charge is -2.20. The molecular formula is C82H124N12O35S3. The number of carbonyl (C=O) groups excluding carboxylic acids is 5. The van der Waals surface area contributed by atoms with Gasteiger partial charge in [-0.2, -0.15) is 0 Å². The maximum Gasteiger partial charge on any atom is 0.326 e. The summed E-state index contributed by atoms with van der Waals surface area (Å²) in [5, 5.41) is 127. The molecule has 8 unspecified atom stereocenters. The number of hydrogen-bond donors (Lipinski definition) is 24. The summed E-state index contributed by atoms with van der Waals surface area (Å²) in [5.74, 6) is -15.8. The van der Waals surface area contributed by atoms with E-state index in [2.05, 4.69) is 51.4 Å². The molecule has 8 atom stereocenters. The number of urea groups is 4. The second-order valence-corrected chi connectivity index (χ2v) is 32.7. The van der Waals surface area contributed by atoms with Gasteiger partial charge in [0.25, 0.3) is 5.91 Å². The minimum absolute atomic E-state index is 0.0251. The lowest BCUT2D eigenvalue weighted by molar-refractivity contribution is -0.142. The summed E-state index contributed by atoms with van der Waals surface area (Å²) < 4.78 is 80.1. The SMILES string of the molecule is CC.CC.CC.Cc1ccc(S(=O)(=O)NCCCCC(NC(=O)NC(CCC(=O)O)C(=O)O)C(=O)O)cc1.O=C(O)CCC(NC(=O)NC(CCCCNC(=O)c1ccccc1)CC(=O)O)C(=O)O.O=C(O)CCC(NC(=O)NC(CCCCNS(=O)(=O)c1ccccc1)C(=O)O)C(=O)O.O=C(O)CCC(NC(=O)NC(CCCCNS(=O)(=O)c1ccccc1)CC(=O)O)C(=O)O. The van der Waals surface area contributed by atoms with Gasteiger partial charge in [-0.1, -0.05) is 120 Å². The second kappa shape index (κ2) is 69.7. The van der Waals surface area contributed by atoms with Crippen molar-refractivity contribution in [2.75, 3.05) is 26.2 Å². The van der Waals surface area contributed by atoms with Crippen LogP contribution in [0.5, 0.6) is 0 Å². The Morgan fingerprint density at radius 2 is 0.492 bits per heavy atom. The molecule has 0 fully saturated rings. The summed E-state index contributed by atoms with van der Waals surface area (Å²) in [5.41, 5.74) is 1.44. The van der Waals surface area contributed by atoms with E-state index in [0.29, 0.717) is 57.1 Å². The molecule has 4 rings (SSSR count). The first-order chi connectivity index (χ1) is 62.1. The number of unbranched alkanes of at least 4 members (excludes halogenated alkanes) is 4. The highest BCUT2D eigenvalue weighted by atomic mass is 32.2. The normalized spacial score (nSPS) is 12.4. The molecule has 0 aliphatic carbocycles. The maximum atomic E-state index is 12.2. The molecule has 0 aromatic heterocycles. The highest BCUT2D eigenvalue weighted by molar-refractivity contribution is 7.90. The van der Waals surface area contributed by atoms with Crippen molar-refractivity contribution in [3.05, 3.63) is 126 Å². The number of nitrogens with one attached hydrogen (secondary N) is 12. The van der Waals surface area contributed by atoms with Crippen molar-refractivity contribution in [3.8, 4) is 0 Å². The Hall–Kier alpha value is -13.2. The van der Waals surface area contributed by atoms with E-state index in [-0.39, 0.29) is 104 Å². The van der Waals surface area contributed by atoms with Crippen molar-refractivity contribution in [1.82, 2.24) is 62.0 Å². The quantitative estimate of drug-likeness (QED) is 0.0245. The van der Waals surface area contributed by atoms with E-state index < -0.39 is 206 Å². The van der Waals surface area contributed by atoms with E-state index in [1.54, 1.807) is 78.9 Å². The largest absolute Gasteiger partial charge is 0.481 e. The van der Waals surface area contributed by atoms with Crippen LogP contribution in [-0.2, 0) is 87.6 Å². The van der Waals surface area contributed by atoms with Crippen LogP contribution in [0, 0.1) is 6.92 Å². The van der Waals surface area contributed by atoms with E-state index in [1.165, 1.54) is 36.4 Å². The van der Waals surface area contributed by atoms with Gasteiger partial charge in [-0.25, -0.2) is 87.4 Å². The fourth-order valence-corrected chi connectivity index (χ4v) is 13.9. The van der Waals surface area contributed by atoms with Crippen molar-refractivity contribution in [2.24, 2.45) is 0 Å². The van der Waals surface area contributed by atoms with Crippen LogP contribution in [0.25, 0.3) is 0 Å². The van der Waals surface area contributed by atoms with Crippen LogP contribution in [0.15, 0.2) is 130 Å². The van der Waals surface area contributed by atoms with Crippen molar-refractivity contribution >= 4 is 132 Å². The average Bonchev–Trinajstić information content (AvgIpc) is 0.851. The zero-order chi connectivity index (χ0) is 101. The first-order valence-electron chi connectivity index (χ1n) is 41.6. The monoisotopic (exact) mass is 1930 g/mol. The van der Waals surface area contributed by atoms with Gasteiger partial charge in [0, 0.05) is 69.5 Å². The molecule has 4 aromatic rings. The van der Waals surface area contributed by atoms with E-state index >= 15 is 0 Å². The van der Waals surface area contributed by atoms with Crippen LogP contribution in [0.3, 0.4) is 0 Å². The average molecular weight is 1930 g/mol. The Labute approximate surface area is 763 Å². The molecular weight excluding hydrogens is 1810 g/mol. The number of carboxylic acid groups (broad SMARTS) is 12. The third kappa shape index (κ3) is 59.8. The number of aliphatic carboxylic acids is 12. The Morgan fingerprint density at radius 1 is 0.265 bits per heavy atom. The molecule has 50 heteroatoms. The Bertz CT molecular complexity index is 4600. The van der Waals surface area contributed by atoms with Crippen molar-refractivity contribution in [2.45, 2.75) is 253 Å². The van der Waals surface area contributed by atoms with Gasteiger partial charge in [0.1, 0.15) is 36.3 Å². The number of carbonyl (C=O) groups is 17. The molecule has 0 heterocycles. The number of hydrogen-bond acceptors (Lipinski definition) is 23. The van der Waals surface area contributed by atoms with Gasteiger partial charge < -0.3 is 109 Å². The molecule has 9 amide bonds. The van der Waals surface area contributed by atoms with Gasteiger partial charge in [0.05, 0.1) is 27.5 Å². The summed E-state index contributed by atoms with van der Waals surface area (Å²) in [6.07, 6.45) is -0.627. The molecule has 0 saturated heterocycles. The Kier molecular flexibility index (Phi) is 65.0. The van der Waals surface area contributed by atoms with Gasteiger partial charge in [0.15, 0.2) is 0 Å². The molecule has 132 heavy (non-hydrogen) atoms. The van der Waals surface area contributed by atoms with Crippen LogP contribution < -0.4 is 62.0 Å². The zero-order valence-electron chi connectivity index (χ0n) is 74.0. The third-order valence-electron chi connectivity index (χ3n) is 17.2. The molecule has 47 nitrogen and oxygen atoms in total. The molecule has 0 spiro atoms. The standard InChI is InChI=1S/C20H27N3O8.2C19H27N3O9S.C18H25N3O9S.3C2H6/c24-16(25)10-9-15(19(29)30)23-20(31)22-14(12-17(26)27)8-4-5-11-21-18(28)13-6-2-1-3-7-13;1-12-5-7-13(8-6-12)32(30,31)20-11-3-2-4-14(17(25)26)21-19(29)22-15(18(27)28)9-10-16(23)24;23-16(24)10-9-15(18(27)28)22-19(29)21-13(12-17(25)26)6-4-5-11-20-32(30,31)14-7-2-1-3-8-14;22-15(23)10-9-14(17(26)27)21-18(28)20-13(16(24)25)8-4-5-11-19-31(29,30)12-6-2-1-3-7-12;3*1-2/h1-3,6-7,14-15H,4-5,8-12H2,(H,21,28)(H,24,25)(H,26,27)(H,29,30)(H2,22,23,31);5-8,14-15,20H,2-4,9-11H2,1H3,(H,23,24)(H,25,26)(H,27,28)(H2,21,22,29);1-3,7-8,13,15,20H,4-6,9-12H2,(H,23,24)(H,25,26)(H,27,28)(H2,21,22,29);1-3,6-7,13-14,19H,4-5,8-11H2,(H,22,23)(H,24,25)(H,26,27)(H2,20,21,28);3*1-2H3. The molecule has 24 N–H and O–H groups in total. The predicted molar refractivity (Wildman–Crippen MR) is 473 cm³/mol. The molecule has 0 aliphatic heterocycles. The lowest BCUT2D eigenvalue weighted by atomic mass is 10.1. The summed E-state index contributed by atoms with van der Waals surface area (Å²) in [4.78, 5) is 192. The van der Waals surface area contributed by atoms with Crippen molar-refractivity contribution in [3.63, 3.8) is 0 Å². The minimum atomic E-state index is -3.69. The van der Waals surface area contributed by atoms with Gasteiger partial charge >= 0.3 is 95.8 Å². The van der Waals surface area contributed by atoms with Gasteiger partial charge in [-0.3, -0.25) is 33.6 Å². The molecule has 0 aliphatic rings. The third-order valence-corrected chi connectivity index (χ3v) is 21.6. The highest BCUT2D eigenvalue weighted by Gasteiger charge is 2.30. The summed E-state index contributed by atoms with van der Waals surface area (Å²) in [6.45, 7) is 14.4. The molecule has 0 radical (unpaired) electrons. The summed E-state index contributed by atoms with van der Waals surface area (Å²) in [6, 6.07) is 16.4. The number of rotatable bonds is 57. The van der Waals surface area contributed by atoms with Crippen LogP contribution >= 0.6 is 0 Å². The predicted octanol–water partition coefficient (Wildman–Crippen LogP) is 5.44. The molecule has 740 valence electrons. The fourth-order valence-electron chi connectivity index (χ4n) is 10.6. The molecule has 0 saturated carbocycles. The second-order valence-electron chi connectivity index (χ2n) is 27.4. The first-order valence-corrected chi connectivity index (χ1v) is 46.0. The Balaban J connectivity index is -0.00000165. The van der Waals surface area contributed by atoms with E-state index in [0.717, 1.165) is 5.56 Å². The van der Waals surface area contributed by atoms with E-state index in [1.807, 2.05) is 59.1 Å². The lowest BCUT2D eigenvalue weighted by Crippen LogP contribution is -2.51.